The molecule has 0 bridgehead atoms. The summed E-state index contributed by atoms with van der Waals surface area (Å²) in [5.74, 6) is 1.13. The van der Waals surface area contributed by atoms with Gasteiger partial charge in [-0.25, -0.2) is 0 Å². The molecule has 0 saturated heterocycles. The van der Waals surface area contributed by atoms with Crippen molar-refractivity contribution < 1.29 is 9.90 Å². The SMILES string of the molecule is CCCCC(CCC)CC(CC(C)CCC(C)C)C(=O)O. The first-order valence-corrected chi connectivity index (χ1v) is 9.13. The molecule has 0 heterocycles. The molecule has 2 nitrogen and oxygen atoms in total. The molecule has 2 heteroatoms. The first-order valence-electron chi connectivity index (χ1n) is 9.13. The minimum Gasteiger partial charge on any atom is -0.481 e. The number of aliphatic carboxylic acids is 1. The fourth-order valence-corrected chi connectivity index (χ4v) is 3.20. The predicted octanol–water partition coefficient (Wildman–Crippen LogP) is 6.15. The number of hydrogen-bond donors (Lipinski definition) is 1. The van der Waals surface area contributed by atoms with E-state index in [1.165, 1.54) is 38.5 Å². The zero-order valence-electron chi connectivity index (χ0n) is 15.0. The van der Waals surface area contributed by atoms with Crippen LogP contribution in [0.25, 0.3) is 0 Å². The van der Waals surface area contributed by atoms with Gasteiger partial charge in [-0.05, 0) is 30.6 Å². The van der Waals surface area contributed by atoms with Crippen molar-refractivity contribution in [3.05, 3.63) is 0 Å². The summed E-state index contributed by atoms with van der Waals surface area (Å²) in [6, 6.07) is 0. The van der Waals surface area contributed by atoms with Crippen molar-refractivity contribution in [1.82, 2.24) is 0 Å². The summed E-state index contributed by atoms with van der Waals surface area (Å²) in [4.78, 5) is 11.6. The van der Waals surface area contributed by atoms with E-state index in [9.17, 15) is 9.90 Å². The lowest BCUT2D eigenvalue weighted by Crippen LogP contribution is -2.21. The van der Waals surface area contributed by atoms with E-state index in [0.29, 0.717) is 17.8 Å². The minimum absolute atomic E-state index is 0.138. The number of carboxylic acid groups (broad SMARTS) is 1. The molecule has 3 unspecified atom stereocenters. The molecule has 0 amide bonds. The van der Waals surface area contributed by atoms with Gasteiger partial charge in [-0.3, -0.25) is 4.79 Å². The Hall–Kier alpha value is -0.530. The Labute approximate surface area is 132 Å². The summed E-state index contributed by atoms with van der Waals surface area (Å²) >= 11 is 0. The fourth-order valence-electron chi connectivity index (χ4n) is 3.20. The number of carboxylic acids is 1. The van der Waals surface area contributed by atoms with Crippen LogP contribution in [0.4, 0.5) is 0 Å². The molecule has 0 aromatic heterocycles. The van der Waals surface area contributed by atoms with Crippen molar-refractivity contribution in [3.63, 3.8) is 0 Å². The Morgan fingerprint density at radius 1 is 0.905 bits per heavy atom. The Balaban J connectivity index is 4.40. The Kier molecular flexibility index (Phi) is 11.8. The molecule has 0 spiro atoms. The highest BCUT2D eigenvalue weighted by molar-refractivity contribution is 5.69. The fraction of sp³-hybridized carbons (Fsp3) is 0.947. The van der Waals surface area contributed by atoms with Crippen LogP contribution in [-0.4, -0.2) is 11.1 Å². The van der Waals surface area contributed by atoms with Crippen molar-refractivity contribution in [2.45, 2.75) is 92.4 Å². The van der Waals surface area contributed by atoms with E-state index >= 15 is 0 Å². The maximum atomic E-state index is 11.6. The second-order valence-corrected chi connectivity index (χ2v) is 7.38. The molecule has 0 aliphatic heterocycles. The largest absolute Gasteiger partial charge is 0.481 e. The van der Waals surface area contributed by atoms with Gasteiger partial charge in [0, 0.05) is 0 Å². The first kappa shape index (κ1) is 20.5. The van der Waals surface area contributed by atoms with Crippen molar-refractivity contribution in [1.29, 1.82) is 0 Å². The van der Waals surface area contributed by atoms with Gasteiger partial charge in [-0.15, -0.1) is 0 Å². The molecule has 0 aliphatic rings. The topological polar surface area (TPSA) is 37.3 Å². The van der Waals surface area contributed by atoms with Crippen LogP contribution in [0.5, 0.6) is 0 Å². The molecule has 21 heavy (non-hydrogen) atoms. The highest BCUT2D eigenvalue weighted by atomic mass is 16.4. The summed E-state index contributed by atoms with van der Waals surface area (Å²) in [5, 5.41) is 9.54. The van der Waals surface area contributed by atoms with E-state index in [1.807, 2.05) is 0 Å². The van der Waals surface area contributed by atoms with Crippen molar-refractivity contribution in [2.24, 2.45) is 23.7 Å². The maximum absolute atomic E-state index is 11.6. The third-order valence-electron chi connectivity index (χ3n) is 4.55. The molecule has 3 atom stereocenters. The van der Waals surface area contributed by atoms with E-state index < -0.39 is 5.97 Å². The Morgan fingerprint density at radius 3 is 2.05 bits per heavy atom. The predicted molar refractivity (Wildman–Crippen MR) is 91.5 cm³/mol. The maximum Gasteiger partial charge on any atom is 0.306 e. The van der Waals surface area contributed by atoms with Gasteiger partial charge in [-0.1, -0.05) is 79.6 Å². The van der Waals surface area contributed by atoms with Crippen LogP contribution < -0.4 is 0 Å². The molecule has 0 rings (SSSR count). The van der Waals surface area contributed by atoms with Crippen LogP contribution in [-0.2, 0) is 4.79 Å². The highest BCUT2D eigenvalue weighted by Crippen LogP contribution is 2.29. The summed E-state index contributed by atoms with van der Waals surface area (Å²) in [5.41, 5.74) is 0. The lowest BCUT2D eigenvalue weighted by molar-refractivity contribution is -0.143. The average Bonchev–Trinajstić information content (AvgIpc) is 2.41. The zero-order valence-corrected chi connectivity index (χ0v) is 15.0. The minimum atomic E-state index is -0.580. The van der Waals surface area contributed by atoms with E-state index in [1.54, 1.807) is 0 Å². The van der Waals surface area contributed by atoms with Gasteiger partial charge in [-0.2, -0.15) is 0 Å². The normalized spacial score (nSPS) is 15.9. The van der Waals surface area contributed by atoms with Crippen LogP contribution in [0.15, 0.2) is 0 Å². The van der Waals surface area contributed by atoms with Gasteiger partial charge in [0.1, 0.15) is 0 Å². The quantitative estimate of drug-likeness (QED) is 0.443. The molecule has 1 N–H and O–H groups in total. The van der Waals surface area contributed by atoms with Gasteiger partial charge < -0.3 is 5.11 Å². The van der Waals surface area contributed by atoms with Gasteiger partial charge in [0.15, 0.2) is 0 Å². The van der Waals surface area contributed by atoms with Gasteiger partial charge in [0.25, 0.3) is 0 Å². The van der Waals surface area contributed by atoms with E-state index in [-0.39, 0.29) is 5.92 Å². The van der Waals surface area contributed by atoms with E-state index in [2.05, 4.69) is 34.6 Å². The first-order chi connectivity index (χ1) is 9.90. The molecule has 0 aromatic carbocycles. The van der Waals surface area contributed by atoms with Crippen LogP contribution in [0, 0.1) is 23.7 Å². The van der Waals surface area contributed by atoms with Crippen LogP contribution >= 0.6 is 0 Å². The summed E-state index contributed by atoms with van der Waals surface area (Å²) in [6.45, 7) is 11.1. The Bertz CT molecular complexity index is 260. The molecular weight excluding hydrogens is 260 g/mol. The standard InChI is InChI=1S/C19H38O2/c1-6-8-10-17(9-7-2)14-18(19(20)21)13-16(5)12-11-15(3)4/h15-18H,6-14H2,1-5H3,(H,20,21). The smallest absolute Gasteiger partial charge is 0.306 e. The molecule has 0 radical (unpaired) electrons. The number of unbranched alkanes of at least 4 members (excludes halogenated alkanes) is 1. The van der Waals surface area contributed by atoms with Gasteiger partial charge in [0.05, 0.1) is 5.92 Å². The lowest BCUT2D eigenvalue weighted by Gasteiger charge is -2.23. The molecule has 0 fully saturated rings. The Morgan fingerprint density at radius 2 is 1.57 bits per heavy atom. The molecule has 126 valence electrons. The van der Waals surface area contributed by atoms with Gasteiger partial charge in [0.2, 0.25) is 0 Å². The number of rotatable bonds is 13. The van der Waals surface area contributed by atoms with Crippen LogP contribution in [0.1, 0.15) is 92.4 Å². The molecule has 0 saturated carbocycles. The van der Waals surface area contributed by atoms with Crippen LogP contribution in [0.2, 0.25) is 0 Å². The van der Waals surface area contributed by atoms with E-state index in [0.717, 1.165) is 19.3 Å². The summed E-state index contributed by atoms with van der Waals surface area (Å²) in [6.07, 6.45) is 10.1. The number of carbonyl (C=O) groups is 1. The lowest BCUT2D eigenvalue weighted by atomic mass is 9.82. The average molecular weight is 299 g/mol. The van der Waals surface area contributed by atoms with Crippen molar-refractivity contribution in [3.8, 4) is 0 Å². The third kappa shape index (κ3) is 10.8. The molecular formula is C19H38O2. The highest BCUT2D eigenvalue weighted by Gasteiger charge is 2.24. The third-order valence-corrected chi connectivity index (χ3v) is 4.55. The van der Waals surface area contributed by atoms with Gasteiger partial charge >= 0.3 is 5.97 Å². The summed E-state index contributed by atoms with van der Waals surface area (Å²) in [7, 11) is 0. The molecule has 0 aliphatic carbocycles. The number of hydrogen-bond acceptors (Lipinski definition) is 1. The monoisotopic (exact) mass is 298 g/mol. The zero-order chi connectivity index (χ0) is 16.3. The second kappa shape index (κ2) is 12.1. The molecule has 0 aromatic rings. The van der Waals surface area contributed by atoms with Crippen LogP contribution in [0.3, 0.4) is 0 Å². The van der Waals surface area contributed by atoms with Crippen molar-refractivity contribution >= 4 is 5.97 Å². The second-order valence-electron chi connectivity index (χ2n) is 7.38. The van der Waals surface area contributed by atoms with E-state index in [4.69, 9.17) is 0 Å². The summed E-state index contributed by atoms with van der Waals surface area (Å²) < 4.78 is 0. The van der Waals surface area contributed by atoms with Crippen molar-refractivity contribution in [2.75, 3.05) is 0 Å².